The van der Waals surface area contributed by atoms with Crippen LogP contribution in [0.2, 0.25) is 0 Å². The van der Waals surface area contributed by atoms with Gasteiger partial charge in [-0.15, -0.1) is 0 Å². The number of likely N-dealkylation sites (tertiary alicyclic amines) is 1. The molecule has 4 nitrogen and oxygen atoms in total. The second-order valence-corrected chi connectivity index (χ2v) is 6.36. The number of rotatable bonds is 6. The van der Waals surface area contributed by atoms with Gasteiger partial charge in [-0.3, -0.25) is 9.78 Å². The van der Waals surface area contributed by atoms with Crippen LogP contribution in [0, 0.1) is 0 Å². The summed E-state index contributed by atoms with van der Waals surface area (Å²) in [5.74, 6) is 0.179. The molecule has 0 radical (unpaired) electrons. The van der Waals surface area contributed by atoms with Gasteiger partial charge in [0, 0.05) is 56.6 Å². The third-order valence-electron chi connectivity index (χ3n) is 4.68. The van der Waals surface area contributed by atoms with Gasteiger partial charge in [0.1, 0.15) is 0 Å². The van der Waals surface area contributed by atoms with Crippen LogP contribution in [-0.4, -0.2) is 53.4 Å². The Morgan fingerprint density at radius 3 is 2.74 bits per heavy atom. The molecule has 1 aromatic heterocycles. The first-order chi connectivity index (χ1) is 11.1. The molecule has 1 aliphatic heterocycles. The highest BCUT2D eigenvalue weighted by Gasteiger charge is 2.25. The van der Waals surface area contributed by atoms with Crippen molar-refractivity contribution in [1.29, 1.82) is 0 Å². The molecular weight excluding hydrogens is 286 g/mol. The van der Waals surface area contributed by atoms with E-state index in [1.54, 1.807) is 0 Å². The van der Waals surface area contributed by atoms with E-state index in [0.29, 0.717) is 6.04 Å². The van der Waals surface area contributed by atoms with Gasteiger partial charge in [0.2, 0.25) is 5.91 Å². The average Bonchev–Trinajstić information content (AvgIpc) is 2.60. The van der Waals surface area contributed by atoms with Gasteiger partial charge in [-0.1, -0.05) is 19.1 Å². The van der Waals surface area contributed by atoms with Gasteiger partial charge in [-0.2, -0.15) is 0 Å². The quantitative estimate of drug-likeness (QED) is 0.757. The van der Waals surface area contributed by atoms with Crippen LogP contribution in [-0.2, 0) is 11.2 Å². The Morgan fingerprint density at radius 2 is 2.13 bits per heavy atom. The Morgan fingerprint density at radius 1 is 1.39 bits per heavy atom. The first-order valence-electron chi connectivity index (χ1n) is 8.68. The van der Waals surface area contributed by atoms with E-state index in [2.05, 4.69) is 22.9 Å². The minimum absolute atomic E-state index is 0.179. The number of allylic oxidation sites excluding steroid dienone is 1. The van der Waals surface area contributed by atoms with Crippen LogP contribution < -0.4 is 0 Å². The third-order valence-corrected chi connectivity index (χ3v) is 4.68. The summed E-state index contributed by atoms with van der Waals surface area (Å²) in [4.78, 5) is 21.2. The lowest BCUT2D eigenvalue weighted by atomic mass is 10.0. The molecular formula is C19H29N3O. The van der Waals surface area contributed by atoms with E-state index in [9.17, 15) is 4.79 Å². The molecule has 1 saturated heterocycles. The van der Waals surface area contributed by atoms with Gasteiger partial charge in [0.15, 0.2) is 0 Å². The average molecular weight is 315 g/mol. The normalized spacial score (nSPS) is 17.3. The highest BCUT2D eigenvalue weighted by Crippen LogP contribution is 2.17. The topological polar surface area (TPSA) is 36.4 Å². The molecule has 1 aromatic rings. The van der Waals surface area contributed by atoms with Crippen LogP contribution in [0.4, 0.5) is 0 Å². The molecule has 23 heavy (non-hydrogen) atoms. The fourth-order valence-corrected chi connectivity index (χ4v) is 3.19. The minimum atomic E-state index is 0.179. The van der Waals surface area contributed by atoms with Gasteiger partial charge in [0.05, 0.1) is 0 Å². The monoisotopic (exact) mass is 315 g/mol. The molecule has 126 valence electrons. The lowest BCUT2D eigenvalue weighted by molar-refractivity contribution is -0.128. The van der Waals surface area contributed by atoms with Crippen LogP contribution in [0.15, 0.2) is 36.0 Å². The number of likely N-dealkylation sites (N-methyl/N-ethyl adjacent to an activating group) is 1. The number of hydrogen-bond acceptors (Lipinski definition) is 3. The van der Waals surface area contributed by atoms with E-state index in [0.717, 1.165) is 56.6 Å². The summed E-state index contributed by atoms with van der Waals surface area (Å²) >= 11 is 0. The van der Waals surface area contributed by atoms with E-state index < -0.39 is 0 Å². The van der Waals surface area contributed by atoms with E-state index in [1.807, 2.05) is 43.3 Å². The van der Waals surface area contributed by atoms with Crippen LogP contribution in [0.25, 0.3) is 0 Å². The van der Waals surface area contributed by atoms with Crippen molar-refractivity contribution in [3.05, 3.63) is 41.7 Å². The SMILES string of the molecule is CC/C=C(\C)C(=O)N(C)C1CCN(CCc2ccccn2)CC1. The zero-order chi connectivity index (χ0) is 16.7. The highest BCUT2D eigenvalue weighted by molar-refractivity contribution is 5.92. The molecule has 4 heteroatoms. The lowest BCUT2D eigenvalue weighted by Gasteiger charge is -2.37. The number of carbonyl (C=O) groups excluding carboxylic acids is 1. The standard InChI is InChI=1S/C19H29N3O/c1-4-7-16(2)19(23)21(3)18-10-14-22(15-11-18)13-9-17-8-5-6-12-20-17/h5-8,12,18H,4,9-11,13-15H2,1-3H3/b16-7+. The van der Waals surface area contributed by atoms with Crippen LogP contribution >= 0.6 is 0 Å². The largest absolute Gasteiger partial charge is 0.339 e. The summed E-state index contributed by atoms with van der Waals surface area (Å²) in [6.07, 6.45) is 7.90. The Kier molecular flexibility index (Phi) is 6.78. The number of carbonyl (C=O) groups is 1. The van der Waals surface area contributed by atoms with Crippen molar-refractivity contribution in [2.24, 2.45) is 0 Å². The smallest absolute Gasteiger partial charge is 0.249 e. The number of piperidine rings is 1. The zero-order valence-corrected chi connectivity index (χ0v) is 14.7. The van der Waals surface area contributed by atoms with Crippen molar-refractivity contribution < 1.29 is 4.79 Å². The van der Waals surface area contributed by atoms with Gasteiger partial charge >= 0.3 is 0 Å². The second-order valence-electron chi connectivity index (χ2n) is 6.36. The summed E-state index contributed by atoms with van der Waals surface area (Å²) in [5.41, 5.74) is 2.02. The molecule has 1 amide bonds. The maximum absolute atomic E-state index is 12.4. The number of amides is 1. The molecule has 1 aliphatic rings. The Labute approximate surface area is 140 Å². The van der Waals surface area contributed by atoms with E-state index in [1.165, 1.54) is 0 Å². The first-order valence-corrected chi connectivity index (χ1v) is 8.68. The molecule has 2 heterocycles. The predicted molar refractivity (Wildman–Crippen MR) is 94.2 cm³/mol. The molecule has 0 N–H and O–H groups in total. The molecule has 0 atom stereocenters. The zero-order valence-electron chi connectivity index (χ0n) is 14.7. The molecule has 0 saturated carbocycles. The van der Waals surface area contributed by atoms with Crippen LogP contribution in [0.5, 0.6) is 0 Å². The maximum atomic E-state index is 12.4. The maximum Gasteiger partial charge on any atom is 0.249 e. The van der Waals surface area contributed by atoms with Crippen molar-refractivity contribution in [1.82, 2.24) is 14.8 Å². The molecule has 2 rings (SSSR count). The van der Waals surface area contributed by atoms with E-state index >= 15 is 0 Å². The highest BCUT2D eigenvalue weighted by atomic mass is 16.2. The lowest BCUT2D eigenvalue weighted by Crippen LogP contribution is -2.46. The molecule has 1 fully saturated rings. The van der Waals surface area contributed by atoms with Crippen molar-refractivity contribution in [3.63, 3.8) is 0 Å². The fourth-order valence-electron chi connectivity index (χ4n) is 3.19. The van der Waals surface area contributed by atoms with Gasteiger partial charge in [-0.05, 0) is 38.3 Å². The molecule has 0 unspecified atom stereocenters. The molecule has 0 bridgehead atoms. The summed E-state index contributed by atoms with van der Waals surface area (Å²) in [6, 6.07) is 6.45. The van der Waals surface area contributed by atoms with Crippen molar-refractivity contribution in [3.8, 4) is 0 Å². The van der Waals surface area contributed by atoms with Crippen molar-refractivity contribution in [2.75, 3.05) is 26.7 Å². The number of aromatic nitrogens is 1. The number of pyridine rings is 1. The first kappa shape index (κ1) is 17.7. The summed E-state index contributed by atoms with van der Waals surface area (Å²) in [5, 5.41) is 0. The number of hydrogen-bond donors (Lipinski definition) is 0. The minimum Gasteiger partial charge on any atom is -0.339 e. The van der Waals surface area contributed by atoms with Gasteiger partial charge < -0.3 is 9.80 Å². The van der Waals surface area contributed by atoms with E-state index in [-0.39, 0.29) is 5.91 Å². The van der Waals surface area contributed by atoms with Crippen LogP contribution in [0.3, 0.4) is 0 Å². The van der Waals surface area contributed by atoms with Gasteiger partial charge in [0.25, 0.3) is 0 Å². The molecule has 0 aliphatic carbocycles. The molecule has 0 aromatic carbocycles. The Hall–Kier alpha value is -1.68. The Bertz CT molecular complexity index is 519. The number of nitrogens with zero attached hydrogens (tertiary/aromatic N) is 3. The Balaban J connectivity index is 1.77. The summed E-state index contributed by atoms with van der Waals surface area (Å²) < 4.78 is 0. The fraction of sp³-hybridized carbons (Fsp3) is 0.579. The predicted octanol–water partition coefficient (Wildman–Crippen LogP) is 2.90. The van der Waals surface area contributed by atoms with Crippen molar-refractivity contribution in [2.45, 2.75) is 45.6 Å². The molecule has 0 spiro atoms. The summed E-state index contributed by atoms with van der Waals surface area (Å²) in [7, 11) is 1.95. The van der Waals surface area contributed by atoms with E-state index in [4.69, 9.17) is 0 Å². The van der Waals surface area contributed by atoms with Crippen LogP contribution in [0.1, 0.15) is 38.8 Å². The van der Waals surface area contributed by atoms with Gasteiger partial charge in [-0.25, -0.2) is 0 Å². The van der Waals surface area contributed by atoms with Crippen molar-refractivity contribution >= 4 is 5.91 Å². The second kappa shape index (κ2) is 8.82. The summed E-state index contributed by atoms with van der Waals surface area (Å²) in [6.45, 7) is 7.16. The third kappa shape index (κ3) is 5.17.